The molecule has 13 heteroatoms. The number of carbonyl (C=O) groups excluding carboxylic acids is 3. The molecule has 252 valence electrons. The Bertz CT molecular complexity index is 1150. The summed E-state index contributed by atoms with van der Waals surface area (Å²) < 4.78 is 16.7. The molecule has 4 N–H and O–H groups in total. The summed E-state index contributed by atoms with van der Waals surface area (Å²) >= 11 is 0. The van der Waals surface area contributed by atoms with Crippen molar-refractivity contribution in [3.63, 3.8) is 0 Å². The highest BCUT2D eigenvalue weighted by Gasteiger charge is 2.34. The zero-order chi connectivity index (χ0) is 33.4. The first-order chi connectivity index (χ1) is 21.3. The van der Waals surface area contributed by atoms with Crippen LogP contribution in [0.25, 0.3) is 0 Å². The second kappa shape index (κ2) is 19.6. The van der Waals surface area contributed by atoms with Crippen LogP contribution in [0.1, 0.15) is 90.7 Å². The fourth-order valence-corrected chi connectivity index (χ4v) is 4.10. The molecule has 1 fully saturated rings. The van der Waals surface area contributed by atoms with Crippen LogP contribution in [0, 0.1) is 11.8 Å². The number of nitrogens with one attached hydrogen (secondary N) is 2. The molecule has 0 saturated carbocycles. The topological polar surface area (TPSA) is 182 Å². The molecule has 1 aromatic rings. The van der Waals surface area contributed by atoms with Crippen molar-refractivity contribution in [3.05, 3.63) is 29.3 Å². The second-order valence-electron chi connectivity index (χ2n) is 11.7. The summed E-state index contributed by atoms with van der Waals surface area (Å²) in [6, 6.07) is 5.01. The van der Waals surface area contributed by atoms with E-state index in [2.05, 4.69) is 15.8 Å². The van der Waals surface area contributed by atoms with Crippen LogP contribution >= 0.6 is 0 Å². The van der Waals surface area contributed by atoms with Gasteiger partial charge in [-0.05, 0) is 49.8 Å². The van der Waals surface area contributed by atoms with Gasteiger partial charge in [0.05, 0.1) is 17.7 Å². The lowest BCUT2D eigenvalue weighted by Crippen LogP contribution is -2.42. The van der Waals surface area contributed by atoms with Gasteiger partial charge in [-0.1, -0.05) is 38.9 Å². The van der Waals surface area contributed by atoms with Gasteiger partial charge in [-0.25, -0.2) is 4.79 Å². The number of aliphatic hydroxyl groups excluding tert-OH is 1. The van der Waals surface area contributed by atoms with Gasteiger partial charge in [-0.15, -0.1) is 0 Å². The third-order valence-corrected chi connectivity index (χ3v) is 7.11. The maximum Gasteiger partial charge on any atom is 0.333 e. The molecule has 45 heavy (non-hydrogen) atoms. The van der Waals surface area contributed by atoms with Gasteiger partial charge in [-0.2, -0.15) is 0 Å². The highest BCUT2D eigenvalue weighted by Crippen LogP contribution is 2.27. The minimum atomic E-state index is -1.21. The molecule has 1 heterocycles. The number of carboxylic acids is 1. The number of aliphatic carboxylic acids is 1. The van der Waals surface area contributed by atoms with Crippen LogP contribution in [0.4, 0.5) is 0 Å². The monoisotopic (exact) mass is 635 g/mol. The molecular formula is C32H49N3O10. The predicted molar refractivity (Wildman–Crippen MR) is 165 cm³/mol. The average Bonchev–Trinajstić information content (AvgIpc) is 2.98. The van der Waals surface area contributed by atoms with E-state index in [1.165, 1.54) is 0 Å². The number of rotatable bonds is 19. The fraction of sp³-hybridized carbons (Fsp3) is 0.656. The summed E-state index contributed by atoms with van der Waals surface area (Å²) in [5.41, 5.74) is 2.14. The van der Waals surface area contributed by atoms with Gasteiger partial charge in [-0.3, -0.25) is 14.4 Å². The molecule has 3 atom stereocenters. The summed E-state index contributed by atoms with van der Waals surface area (Å²) in [6.07, 6.45) is -0.366. The van der Waals surface area contributed by atoms with Gasteiger partial charge in [0, 0.05) is 44.3 Å². The van der Waals surface area contributed by atoms with Crippen LogP contribution in [-0.2, 0) is 46.6 Å². The normalized spacial score (nSPS) is 18.4. The third-order valence-electron chi connectivity index (χ3n) is 7.11. The summed E-state index contributed by atoms with van der Waals surface area (Å²) in [6.45, 7) is 10.2. The summed E-state index contributed by atoms with van der Waals surface area (Å²) in [5, 5.41) is 29.0. The number of carboxylic acid groups (broad SMARTS) is 1. The number of amides is 2. The Kier molecular flexibility index (Phi) is 16.3. The highest BCUT2D eigenvalue weighted by atomic mass is 16.7. The maximum atomic E-state index is 12.6. The van der Waals surface area contributed by atoms with E-state index >= 15 is 0 Å². The van der Waals surface area contributed by atoms with Crippen molar-refractivity contribution in [2.24, 2.45) is 17.0 Å². The molecule has 1 aliphatic heterocycles. The Morgan fingerprint density at radius 3 is 2.42 bits per heavy atom. The van der Waals surface area contributed by atoms with Crippen LogP contribution < -0.4 is 15.4 Å². The summed E-state index contributed by atoms with van der Waals surface area (Å²) in [4.78, 5) is 53.3. The Morgan fingerprint density at radius 1 is 1.00 bits per heavy atom. The van der Waals surface area contributed by atoms with E-state index in [0.29, 0.717) is 42.2 Å². The van der Waals surface area contributed by atoms with Crippen molar-refractivity contribution in [1.82, 2.24) is 10.6 Å². The first kappa shape index (κ1) is 37.5. The number of hydrogen-bond donors (Lipinski definition) is 4. The number of oxime groups is 1. The molecule has 3 unspecified atom stereocenters. The lowest BCUT2D eigenvalue weighted by atomic mass is 10.1. The number of hydrogen-bond acceptors (Lipinski definition) is 10. The number of nitrogens with zero attached hydrogens (tertiary/aromatic N) is 1. The first-order valence-corrected chi connectivity index (χ1v) is 15.6. The zero-order valence-corrected chi connectivity index (χ0v) is 27.0. The molecule has 0 spiro atoms. The zero-order valence-electron chi connectivity index (χ0n) is 27.0. The van der Waals surface area contributed by atoms with Crippen molar-refractivity contribution in [2.75, 3.05) is 13.2 Å². The molecule has 0 aromatic heterocycles. The van der Waals surface area contributed by atoms with E-state index < -0.39 is 24.5 Å². The fourth-order valence-electron chi connectivity index (χ4n) is 4.10. The number of ether oxygens (including phenoxy) is 3. The third kappa shape index (κ3) is 14.7. The van der Waals surface area contributed by atoms with Gasteiger partial charge in [0.15, 0.2) is 6.10 Å². The van der Waals surface area contributed by atoms with Crippen molar-refractivity contribution < 1.29 is 48.4 Å². The smallest absolute Gasteiger partial charge is 0.333 e. The molecule has 1 aliphatic rings. The van der Waals surface area contributed by atoms with E-state index in [4.69, 9.17) is 19.0 Å². The van der Waals surface area contributed by atoms with Gasteiger partial charge >= 0.3 is 11.9 Å². The van der Waals surface area contributed by atoms with Crippen LogP contribution in [0.2, 0.25) is 0 Å². The average molecular weight is 636 g/mol. The molecule has 1 saturated heterocycles. The van der Waals surface area contributed by atoms with E-state index in [9.17, 15) is 29.4 Å². The van der Waals surface area contributed by atoms with Crippen molar-refractivity contribution in [3.8, 4) is 5.75 Å². The van der Waals surface area contributed by atoms with Crippen LogP contribution in [0.15, 0.2) is 23.4 Å². The summed E-state index contributed by atoms with van der Waals surface area (Å²) in [7, 11) is 0. The molecule has 2 rings (SSSR count). The first-order valence-electron chi connectivity index (χ1n) is 15.6. The predicted octanol–water partition coefficient (Wildman–Crippen LogP) is 3.45. The van der Waals surface area contributed by atoms with Crippen molar-refractivity contribution >= 4 is 29.5 Å². The molecule has 0 radical (unpaired) electrons. The van der Waals surface area contributed by atoms with Gasteiger partial charge in [0.1, 0.15) is 19.0 Å². The van der Waals surface area contributed by atoms with Crippen molar-refractivity contribution in [2.45, 2.75) is 111 Å². The second-order valence-corrected chi connectivity index (χ2v) is 11.7. The lowest BCUT2D eigenvalue weighted by molar-refractivity contribution is -0.195. The van der Waals surface area contributed by atoms with Gasteiger partial charge in [0.2, 0.25) is 18.1 Å². The van der Waals surface area contributed by atoms with Gasteiger partial charge < -0.3 is 39.9 Å². The van der Waals surface area contributed by atoms with E-state index in [1.807, 2.05) is 20.8 Å². The number of benzene rings is 1. The molecular weight excluding hydrogens is 586 g/mol. The quantitative estimate of drug-likeness (QED) is 0.0761. The SMILES string of the molecule is C/C(=N\OCCCCCC(=O)NCCC(=O)NCc1cc(COC(=O)C(C)C)ccc1OC1CC(O)CC(C(=O)O)O1)C(C)C. The maximum absolute atomic E-state index is 12.6. The lowest BCUT2D eigenvalue weighted by Gasteiger charge is -2.31. The Morgan fingerprint density at radius 2 is 1.73 bits per heavy atom. The molecule has 1 aromatic carbocycles. The molecule has 0 bridgehead atoms. The van der Waals surface area contributed by atoms with Gasteiger partial charge in [0.25, 0.3) is 0 Å². The number of esters is 1. The minimum Gasteiger partial charge on any atom is -0.479 e. The number of carbonyl (C=O) groups is 4. The molecule has 2 amide bonds. The Labute approximate surface area is 265 Å². The minimum absolute atomic E-state index is 0.0166. The largest absolute Gasteiger partial charge is 0.479 e. The number of aliphatic hydroxyl groups is 1. The Hall–Kier alpha value is -3.71. The summed E-state index contributed by atoms with van der Waals surface area (Å²) in [5.74, 6) is -1.62. The number of unbranched alkanes of at least 4 members (excludes halogenated alkanes) is 2. The molecule has 0 aliphatic carbocycles. The van der Waals surface area contributed by atoms with E-state index in [-0.39, 0.29) is 62.7 Å². The standard InChI is InChI=1S/C32H49N3O10/c1-20(2)22(5)35-43-14-8-6-7-9-28(37)33-13-12-29(38)34-18-24-15-23(19-42-32(41)21(3)4)10-11-26(24)44-30-17-25(36)16-27(45-30)31(39)40/h10-11,15,20-21,25,27,30,36H,6-9,12-14,16-19H2,1-5H3,(H,33,37)(H,34,38)(H,39,40)/b35-22+. The Balaban J connectivity index is 1.85. The van der Waals surface area contributed by atoms with Crippen LogP contribution in [0.3, 0.4) is 0 Å². The molecule has 13 nitrogen and oxygen atoms in total. The van der Waals surface area contributed by atoms with E-state index in [0.717, 1.165) is 18.6 Å². The highest BCUT2D eigenvalue weighted by molar-refractivity contribution is 5.83. The van der Waals surface area contributed by atoms with Crippen LogP contribution in [0.5, 0.6) is 5.75 Å². The van der Waals surface area contributed by atoms with Crippen molar-refractivity contribution in [1.29, 1.82) is 0 Å². The van der Waals surface area contributed by atoms with Crippen LogP contribution in [-0.4, -0.2) is 71.3 Å². The van der Waals surface area contributed by atoms with E-state index in [1.54, 1.807) is 32.0 Å².